The molecule has 0 aliphatic heterocycles. The van der Waals surface area contributed by atoms with E-state index < -0.39 is 0 Å². The number of hydrogen-bond acceptors (Lipinski definition) is 6. The highest BCUT2D eigenvalue weighted by Crippen LogP contribution is 2.43. The number of esters is 1. The largest absolute Gasteiger partial charge is 0.493 e. The fourth-order valence-corrected chi connectivity index (χ4v) is 5.07. The molecule has 2 aromatic carbocycles. The minimum absolute atomic E-state index is 0.0145. The molecule has 0 spiro atoms. The summed E-state index contributed by atoms with van der Waals surface area (Å²) in [5.74, 6) is 1.81. The quantitative estimate of drug-likeness (QED) is 0.210. The molecule has 2 aromatic rings. The van der Waals surface area contributed by atoms with Crippen LogP contribution in [0.15, 0.2) is 53.5 Å². The van der Waals surface area contributed by atoms with E-state index in [1.54, 1.807) is 20.4 Å². The van der Waals surface area contributed by atoms with E-state index in [1.165, 1.54) is 5.56 Å². The number of hydrogen-bond donors (Lipinski definition) is 0. The van der Waals surface area contributed by atoms with E-state index in [4.69, 9.17) is 18.9 Å². The Bertz CT molecular complexity index is 988. The molecule has 0 N–H and O–H groups in total. The molecule has 1 saturated carbocycles. The van der Waals surface area contributed by atoms with E-state index in [0.29, 0.717) is 30.6 Å². The highest BCUT2D eigenvalue weighted by molar-refractivity contribution is 5.83. The van der Waals surface area contributed by atoms with E-state index in [1.807, 2.05) is 24.3 Å². The van der Waals surface area contributed by atoms with Crippen LogP contribution in [0.25, 0.3) is 0 Å². The molecule has 6 nitrogen and oxygen atoms in total. The Hall–Kier alpha value is -2.86. The summed E-state index contributed by atoms with van der Waals surface area (Å²) in [6, 6.07) is 16.1. The maximum absolute atomic E-state index is 12.8. The van der Waals surface area contributed by atoms with Gasteiger partial charge in [-0.05, 0) is 53.5 Å². The highest BCUT2D eigenvalue weighted by Gasteiger charge is 2.41. The van der Waals surface area contributed by atoms with Gasteiger partial charge in [0.25, 0.3) is 0 Å². The second kappa shape index (κ2) is 13.4. The number of aliphatic imine (C=N–C) groups is 1. The number of nitrogens with zero attached hydrogens (tertiary/aromatic N) is 1. The zero-order valence-corrected chi connectivity index (χ0v) is 22.4. The van der Waals surface area contributed by atoms with Gasteiger partial charge in [-0.3, -0.25) is 9.79 Å². The van der Waals surface area contributed by atoms with Gasteiger partial charge in [0.15, 0.2) is 11.5 Å². The molecular weight excluding hydrogens is 454 g/mol. The summed E-state index contributed by atoms with van der Waals surface area (Å²) in [6.07, 6.45) is 5.44. The van der Waals surface area contributed by atoms with Crippen molar-refractivity contribution in [2.75, 3.05) is 34.0 Å². The molecule has 0 radical (unpaired) electrons. The Morgan fingerprint density at radius 1 is 1.06 bits per heavy atom. The zero-order chi connectivity index (χ0) is 26.0. The number of carbonyl (C=O) groups excluding carboxylic acids is 1. The molecule has 0 aromatic heterocycles. The van der Waals surface area contributed by atoms with Crippen molar-refractivity contribution in [3.8, 4) is 11.5 Å². The third-order valence-electron chi connectivity index (χ3n) is 7.18. The van der Waals surface area contributed by atoms with Crippen molar-refractivity contribution in [2.24, 2.45) is 16.8 Å². The van der Waals surface area contributed by atoms with Crippen LogP contribution in [0, 0.1) is 11.8 Å². The molecule has 0 heterocycles. The molecule has 0 saturated heterocycles. The SMILES string of the molecule is COCCCOc1cc(C=NCC(=O)O[C@H]2C[C@@H](C)CC[C@@H]2C(C)(C)c2ccccc2)ccc1OC. The van der Waals surface area contributed by atoms with Crippen molar-refractivity contribution in [2.45, 2.75) is 58.0 Å². The lowest BCUT2D eigenvalue weighted by atomic mass is 9.64. The van der Waals surface area contributed by atoms with Crippen LogP contribution >= 0.6 is 0 Å². The Morgan fingerprint density at radius 3 is 2.56 bits per heavy atom. The van der Waals surface area contributed by atoms with E-state index >= 15 is 0 Å². The summed E-state index contributed by atoms with van der Waals surface area (Å²) in [6.45, 7) is 7.91. The lowest BCUT2D eigenvalue weighted by molar-refractivity contribution is -0.154. The minimum atomic E-state index is -0.288. The molecule has 1 aliphatic carbocycles. The van der Waals surface area contributed by atoms with Gasteiger partial charge >= 0.3 is 5.97 Å². The normalized spacial score (nSPS) is 20.3. The third-order valence-corrected chi connectivity index (χ3v) is 7.18. The average Bonchev–Trinajstić information content (AvgIpc) is 2.87. The molecule has 0 amide bonds. The molecule has 0 bridgehead atoms. The lowest BCUT2D eigenvalue weighted by Gasteiger charge is -2.43. The van der Waals surface area contributed by atoms with Crippen molar-refractivity contribution in [1.82, 2.24) is 0 Å². The van der Waals surface area contributed by atoms with Gasteiger partial charge in [0, 0.05) is 32.3 Å². The van der Waals surface area contributed by atoms with Gasteiger partial charge < -0.3 is 18.9 Å². The molecule has 1 fully saturated rings. The molecule has 3 atom stereocenters. The molecule has 6 heteroatoms. The smallest absolute Gasteiger partial charge is 0.327 e. The first-order valence-corrected chi connectivity index (χ1v) is 12.9. The average molecular weight is 496 g/mol. The molecule has 0 unspecified atom stereocenters. The number of benzene rings is 2. The molecule has 196 valence electrons. The first-order chi connectivity index (χ1) is 17.3. The third kappa shape index (κ3) is 7.57. The van der Waals surface area contributed by atoms with Gasteiger partial charge in [-0.2, -0.15) is 0 Å². The molecule has 36 heavy (non-hydrogen) atoms. The zero-order valence-electron chi connectivity index (χ0n) is 22.4. The number of carbonyl (C=O) groups is 1. The first-order valence-electron chi connectivity index (χ1n) is 12.9. The Labute approximate surface area is 216 Å². The van der Waals surface area contributed by atoms with Crippen LogP contribution < -0.4 is 9.47 Å². The van der Waals surface area contributed by atoms with Gasteiger partial charge in [0.05, 0.1) is 13.7 Å². The molecular formula is C30H41NO5. The fourth-order valence-electron chi connectivity index (χ4n) is 5.07. The first kappa shape index (κ1) is 27.7. The van der Waals surface area contributed by atoms with Gasteiger partial charge in [-0.15, -0.1) is 0 Å². The van der Waals surface area contributed by atoms with Gasteiger partial charge in [-0.1, -0.05) is 57.5 Å². The van der Waals surface area contributed by atoms with E-state index in [-0.39, 0.29) is 30.0 Å². The molecule has 1 aliphatic rings. The number of methoxy groups -OCH3 is 2. The highest BCUT2D eigenvalue weighted by atomic mass is 16.5. The number of ether oxygens (including phenoxy) is 4. The van der Waals surface area contributed by atoms with Gasteiger partial charge in [-0.25, -0.2) is 0 Å². The summed E-state index contributed by atoms with van der Waals surface area (Å²) in [5, 5.41) is 0. The topological polar surface area (TPSA) is 66.4 Å². The van der Waals surface area contributed by atoms with Crippen LogP contribution in [-0.2, 0) is 19.7 Å². The predicted octanol–water partition coefficient (Wildman–Crippen LogP) is 5.86. The van der Waals surface area contributed by atoms with Crippen molar-refractivity contribution in [3.63, 3.8) is 0 Å². The van der Waals surface area contributed by atoms with Crippen molar-refractivity contribution >= 4 is 12.2 Å². The molecule has 3 rings (SSSR count). The second-order valence-electron chi connectivity index (χ2n) is 10.2. The number of rotatable bonds is 12. The predicted molar refractivity (Wildman–Crippen MR) is 143 cm³/mol. The standard InChI is InChI=1S/C30H41NO5/c1-22-12-14-25(30(2,3)24-10-7-6-8-11-24)27(18-22)36-29(32)21-31-20-23-13-15-26(34-5)28(19-23)35-17-9-16-33-4/h6-8,10-11,13,15,19-20,22,25,27H,9,12,14,16-18,21H2,1-5H3/t22-,25-,27-/m0/s1. The summed E-state index contributed by atoms with van der Waals surface area (Å²) in [5.41, 5.74) is 2.03. The van der Waals surface area contributed by atoms with Crippen LogP contribution in [0.5, 0.6) is 11.5 Å². The monoisotopic (exact) mass is 495 g/mol. The maximum Gasteiger partial charge on any atom is 0.327 e. The van der Waals surface area contributed by atoms with Crippen LogP contribution in [0.2, 0.25) is 0 Å². The Kier molecular flexibility index (Phi) is 10.4. The summed E-state index contributed by atoms with van der Waals surface area (Å²) in [7, 11) is 3.28. The van der Waals surface area contributed by atoms with Crippen LogP contribution in [0.4, 0.5) is 0 Å². The lowest BCUT2D eigenvalue weighted by Crippen LogP contribution is -2.43. The van der Waals surface area contributed by atoms with E-state index in [2.05, 4.69) is 50.0 Å². The van der Waals surface area contributed by atoms with Crippen molar-refractivity contribution in [1.29, 1.82) is 0 Å². The summed E-state index contributed by atoms with van der Waals surface area (Å²) in [4.78, 5) is 17.2. The maximum atomic E-state index is 12.8. The Balaban J connectivity index is 1.62. The van der Waals surface area contributed by atoms with Crippen molar-refractivity contribution < 1.29 is 23.7 Å². The van der Waals surface area contributed by atoms with E-state index in [0.717, 1.165) is 31.2 Å². The second-order valence-corrected chi connectivity index (χ2v) is 10.2. The Morgan fingerprint density at radius 2 is 1.83 bits per heavy atom. The summed E-state index contributed by atoms with van der Waals surface area (Å²) < 4.78 is 22.3. The fraction of sp³-hybridized carbons (Fsp3) is 0.533. The van der Waals surface area contributed by atoms with Crippen molar-refractivity contribution in [3.05, 3.63) is 59.7 Å². The van der Waals surface area contributed by atoms with Crippen LogP contribution in [0.3, 0.4) is 0 Å². The van der Waals surface area contributed by atoms with Gasteiger partial charge in [0.2, 0.25) is 0 Å². The van der Waals surface area contributed by atoms with Crippen LogP contribution in [-0.4, -0.2) is 52.3 Å². The summed E-state index contributed by atoms with van der Waals surface area (Å²) >= 11 is 0. The van der Waals surface area contributed by atoms with Gasteiger partial charge in [0.1, 0.15) is 12.6 Å². The van der Waals surface area contributed by atoms with E-state index in [9.17, 15) is 4.79 Å². The van der Waals surface area contributed by atoms with Crippen LogP contribution in [0.1, 0.15) is 57.6 Å². The minimum Gasteiger partial charge on any atom is -0.493 e.